The van der Waals surface area contributed by atoms with Crippen LogP contribution in [0.5, 0.6) is 0 Å². The Balaban J connectivity index is 2.00. The fourth-order valence-corrected chi connectivity index (χ4v) is 1.95. The third kappa shape index (κ3) is 3.22. The van der Waals surface area contributed by atoms with E-state index >= 15 is 0 Å². The van der Waals surface area contributed by atoms with Gasteiger partial charge in [0.05, 0.1) is 0 Å². The number of nitrogens with zero attached hydrogens (tertiary/aromatic N) is 2. The Hall–Kier alpha value is -2.09. The van der Waals surface area contributed by atoms with Gasteiger partial charge in [-0.3, -0.25) is 4.79 Å². The van der Waals surface area contributed by atoms with E-state index in [4.69, 9.17) is 0 Å². The summed E-state index contributed by atoms with van der Waals surface area (Å²) in [4.78, 5) is 11.7. The van der Waals surface area contributed by atoms with Gasteiger partial charge in [0, 0.05) is 25.2 Å². The Labute approximate surface area is 111 Å². The number of hydrogen-bond donors (Lipinski definition) is 2. The summed E-state index contributed by atoms with van der Waals surface area (Å²) >= 11 is 1.08. The van der Waals surface area contributed by atoms with Gasteiger partial charge in [0.2, 0.25) is 10.1 Å². The van der Waals surface area contributed by atoms with E-state index in [1.54, 1.807) is 7.05 Å². The van der Waals surface area contributed by atoms with Crippen LogP contribution < -0.4 is 10.6 Å². The average molecular weight is 284 g/mol. The highest BCUT2D eigenvalue weighted by Gasteiger charge is 2.13. The quantitative estimate of drug-likeness (QED) is 0.898. The van der Waals surface area contributed by atoms with E-state index in [0.717, 1.165) is 23.5 Å². The number of aromatic nitrogens is 2. The Bertz CT molecular complexity index is 602. The van der Waals surface area contributed by atoms with E-state index in [1.165, 1.54) is 6.07 Å². The molecule has 8 heteroatoms. The van der Waals surface area contributed by atoms with Crippen molar-refractivity contribution in [1.82, 2.24) is 15.5 Å². The molecule has 1 aromatic carbocycles. The van der Waals surface area contributed by atoms with Gasteiger partial charge in [0.1, 0.15) is 11.6 Å². The van der Waals surface area contributed by atoms with Crippen molar-refractivity contribution in [3.05, 3.63) is 40.4 Å². The zero-order chi connectivity index (χ0) is 13.8. The second-order valence-corrected chi connectivity index (χ2v) is 4.56. The van der Waals surface area contributed by atoms with E-state index in [1.807, 2.05) is 0 Å². The van der Waals surface area contributed by atoms with Crippen LogP contribution in [-0.2, 0) is 6.54 Å². The van der Waals surface area contributed by atoms with Crippen LogP contribution in [0.25, 0.3) is 0 Å². The maximum Gasteiger partial charge on any atom is 0.282 e. The predicted molar refractivity (Wildman–Crippen MR) is 67.0 cm³/mol. The lowest BCUT2D eigenvalue weighted by atomic mass is 10.2. The molecule has 5 nitrogen and oxygen atoms in total. The van der Waals surface area contributed by atoms with Crippen molar-refractivity contribution in [2.45, 2.75) is 6.54 Å². The van der Waals surface area contributed by atoms with E-state index in [-0.39, 0.29) is 17.1 Å². The Morgan fingerprint density at radius 1 is 1.37 bits per heavy atom. The van der Waals surface area contributed by atoms with Gasteiger partial charge in [-0.1, -0.05) is 17.4 Å². The molecule has 2 rings (SSSR count). The van der Waals surface area contributed by atoms with Gasteiger partial charge in [0.25, 0.3) is 5.91 Å². The molecule has 2 aromatic rings. The minimum Gasteiger partial charge on any atom is -0.363 e. The standard InChI is InChI=1S/C11H10F2N4OS/c1-14-11-17-16-10(19-11)9(18)15-5-6-2-3-7(12)4-8(6)13/h2-4H,5H2,1H3,(H,14,17)(H,15,18). The number of hydrogen-bond acceptors (Lipinski definition) is 5. The Kier molecular flexibility index (Phi) is 4.00. The molecule has 0 unspecified atom stereocenters. The van der Waals surface area contributed by atoms with Gasteiger partial charge in [-0.05, 0) is 6.07 Å². The molecule has 19 heavy (non-hydrogen) atoms. The van der Waals surface area contributed by atoms with E-state index in [9.17, 15) is 13.6 Å². The first-order valence-corrected chi connectivity index (χ1v) is 6.15. The minimum absolute atomic E-state index is 0.0422. The normalized spacial score (nSPS) is 10.3. The van der Waals surface area contributed by atoms with Crippen molar-refractivity contribution in [3.63, 3.8) is 0 Å². The van der Waals surface area contributed by atoms with E-state index in [2.05, 4.69) is 20.8 Å². The van der Waals surface area contributed by atoms with Crippen LogP contribution in [0, 0.1) is 11.6 Å². The van der Waals surface area contributed by atoms with Crippen molar-refractivity contribution in [3.8, 4) is 0 Å². The number of carbonyl (C=O) groups is 1. The molecule has 0 spiro atoms. The van der Waals surface area contributed by atoms with Crippen LogP contribution in [0.1, 0.15) is 15.4 Å². The topological polar surface area (TPSA) is 66.9 Å². The molecule has 0 aliphatic heterocycles. The van der Waals surface area contributed by atoms with Gasteiger partial charge < -0.3 is 10.6 Å². The molecule has 2 N–H and O–H groups in total. The molecule has 1 aromatic heterocycles. The average Bonchev–Trinajstić information content (AvgIpc) is 2.86. The molecule has 1 amide bonds. The lowest BCUT2D eigenvalue weighted by Gasteiger charge is -2.04. The number of benzene rings is 1. The van der Waals surface area contributed by atoms with Gasteiger partial charge in [0.15, 0.2) is 0 Å². The third-order valence-electron chi connectivity index (χ3n) is 2.29. The summed E-state index contributed by atoms with van der Waals surface area (Å²) in [6, 6.07) is 3.18. The highest BCUT2D eigenvalue weighted by Crippen LogP contribution is 2.14. The van der Waals surface area contributed by atoms with E-state index in [0.29, 0.717) is 5.13 Å². The Morgan fingerprint density at radius 2 is 2.16 bits per heavy atom. The zero-order valence-corrected chi connectivity index (χ0v) is 10.7. The molecule has 0 saturated carbocycles. The van der Waals surface area contributed by atoms with Gasteiger partial charge in [-0.2, -0.15) is 0 Å². The van der Waals surface area contributed by atoms with Crippen LogP contribution in [0.3, 0.4) is 0 Å². The first-order chi connectivity index (χ1) is 9.10. The van der Waals surface area contributed by atoms with Crippen LogP contribution in [0.15, 0.2) is 18.2 Å². The number of amides is 1. The van der Waals surface area contributed by atoms with Crippen molar-refractivity contribution in [2.75, 3.05) is 12.4 Å². The lowest BCUT2D eigenvalue weighted by molar-refractivity contribution is 0.0949. The first-order valence-electron chi connectivity index (χ1n) is 5.33. The minimum atomic E-state index is -0.700. The molecule has 0 aliphatic rings. The number of anilines is 1. The fourth-order valence-electron chi connectivity index (χ4n) is 1.33. The molecular weight excluding hydrogens is 274 g/mol. The van der Waals surface area contributed by atoms with Crippen molar-refractivity contribution >= 4 is 22.4 Å². The monoisotopic (exact) mass is 284 g/mol. The van der Waals surface area contributed by atoms with Crippen molar-refractivity contribution < 1.29 is 13.6 Å². The SMILES string of the molecule is CNc1nnc(C(=O)NCc2ccc(F)cc2F)s1. The summed E-state index contributed by atoms with van der Waals surface area (Å²) in [7, 11) is 1.66. The highest BCUT2D eigenvalue weighted by atomic mass is 32.1. The molecule has 0 radical (unpaired) electrons. The predicted octanol–water partition coefficient (Wildman–Crippen LogP) is 1.79. The maximum atomic E-state index is 13.3. The molecule has 0 aliphatic carbocycles. The molecule has 0 bridgehead atoms. The van der Waals surface area contributed by atoms with Crippen LogP contribution in [0.4, 0.5) is 13.9 Å². The molecule has 0 fully saturated rings. The first kappa shape index (κ1) is 13.3. The number of nitrogens with one attached hydrogen (secondary N) is 2. The zero-order valence-electron chi connectivity index (χ0n) is 9.91. The van der Waals surface area contributed by atoms with Gasteiger partial charge in [-0.15, -0.1) is 10.2 Å². The summed E-state index contributed by atoms with van der Waals surface area (Å²) in [5.41, 5.74) is 0.202. The Morgan fingerprint density at radius 3 is 2.79 bits per heavy atom. The molecule has 0 saturated heterocycles. The second-order valence-electron chi connectivity index (χ2n) is 3.58. The van der Waals surface area contributed by atoms with E-state index < -0.39 is 17.5 Å². The largest absolute Gasteiger partial charge is 0.363 e. The smallest absolute Gasteiger partial charge is 0.282 e. The molecule has 0 atom stereocenters. The second kappa shape index (κ2) is 5.70. The highest BCUT2D eigenvalue weighted by molar-refractivity contribution is 7.17. The molecule has 100 valence electrons. The molecule has 1 heterocycles. The summed E-state index contributed by atoms with van der Waals surface area (Å²) < 4.78 is 26.0. The summed E-state index contributed by atoms with van der Waals surface area (Å²) in [5, 5.41) is 13.3. The summed E-state index contributed by atoms with van der Waals surface area (Å²) in [6.07, 6.45) is 0. The van der Waals surface area contributed by atoms with Crippen LogP contribution in [0.2, 0.25) is 0 Å². The molecular formula is C11H10F2N4OS. The number of rotatable bonds is 4. The maximum absolute atomic E-state index is 13.3. The van der Waals surface area contributed by atoms with Crippen LogP contribution >= 0.6 is 11.3 Å². The van der Waals surface area contributed by atoms with Crippen LogP contribution in [-0.4, -0.2) is 23.2 Å². The summed E-state index contributed by atoms with van der Waals surface area (Å²) in [5.74, 6) is -1.81. The third-order valence-corrected chi connectivity index (χ3v) is 3.23. The lowest BCUT2D eigenvalue weighted by Crippen LogP contribution is -2.23. The number of halogens is 2. The van der Waals surface area contributed by atoms with Crippen molar-refractivity contribution in [1.29, 1.82) is 0 Å². The van der Waals surface area contributed by atoms with Crippen molar-refractivity contribution in [2.24, 2.45) is 0 Å². The van der Waals surface area contributed by atoms with Gasteiger partial charge >= 0.3 is 0 Å². The van der Waals surface area contributed by atoms with Gasteiger partial charge in [-0.25, -0.2) is 8.78 Å². The summed E-state index contributed by atoms with van der Waals surface area (Å²) in [6.45, 7) is -0.0422. The fraction of sp³-hybridized carbons (Fsp3) is 0.182. The number of carbonyl (C=O) groups excluding carboxylic acids is 1.